The van der Waals surface area contributed by atoms with Crippen molar-refractivity contribution in [1.82, 2.24) is 0 Å². The van der Waals surface area contributed by atoms with Crippen LogP contribution in [0.3, 0.4) is 0 Å². The maximum Gasteiger partial charge on any atom is 0.309 e. The molecule has 82 valence electrons. The molecule has 0 unspecified atom stereocenters. The van der Waals surface area contributed by atoms with E-state index in [2.05, 4.69) is 13.8 Å². The molecule has 0 bridgehead atoms. The minimum Gasteiger partial charge on any atom is -0.466 e. The molecule has 0 aromatic carbocycles. The molecule has 0 radical (unpaired) electrons. The van der Waals surface area contributed by atoms with E-state index in [1.54, 1.807) is 0 Å². The van der Waals surface area contributed by atoms with Crippen molar-refractivity contribution in [3.8, 4) is 0 Å². The molecule has 1 aliphatic rings. The number of aliphatic hydroxyl groups excluding tert-OH is 1. The number of hydrogen-bond donors (Lipinski definition) is 1. The van der Waals surface area contributed by atoms with E-state index in [1.165, 1.54) is 0 Å². The molecule has 1 rings (SSSR count). The Morgan fingerprint density at radius 2 is 2.21 bits per heavy atom. The lowest BCUT2D eigenvalue weighted by molar-refractivity contribution is -0.166. The number of carbonyl (C=O) groups excluding carboxylic acids is 1. The Morgan fingerprint density at radius 1 is 1.57 bits per heavy atom. The van der Waals surface area contributed by atoms with Crippen molar-refractivity contribution in [2.75, 3.05) is 13.2 Å². The van der Waals surface area contributed by atoms with Crippen LogP contribution >= 0.6 is 0 Å². The van der Waals surface area contributed by atoms with E-state index in [1.807, 2.05) is 6.92 Å². The van der Waals surface area contributed by atoms with E-state index in [0.717, 1.165) is 12.8 Å². The Morgan fingerprint density at radius 3 is 2.64 bits per heavy atom. The van der Waals surface area contributed by atoms with Gasteiger partial charge in [-0.05, 0) is 31.1 Å². The summed E-state index contributed by atoms with van der Waals surface area (Å²) in [6.07, 6.45) is 1.66. The minimum atomic E-state index is -0.0771. The second kappa shape index (κ2) is 4.30. The highest BCUT2D eigenvalue weighted by atomic mass is 16.5. The van der Waals surface area contributed by atoms with Crippen LogP contribution in [0.25, 0.3) is 0 Å². The molecule has 0 aromatic rings. The SMILES string of the molecule is CCOC(=O)[C@@H]1C[C@H](CCO)C1(C)C. The van der Waals surface area contributed by atoms with Gasteiger partial charge in [0.05, 0.1) is 12.5 Å². The summed E-state index contributed by atoms with van der Waals surface area (Å²) in [4.78, 5) is 11.5. The Hall–Kier alpha value is -0.570. The molecule has 0 aromatic heterocycles. The van der Waals surface area contributed by atoms with Crippen LogP contribution in [0.2, 0.25) is 0 Å². The summed E-state index contributed by atoms with van der Waals surface area (Å²) < 4.78 is 5.01. The molecule has 14 heavy (non-hydrogen) atoms. The maximum absolute atomic E-state index is 11.5. The molecule has 1 aliphatic carbocycles. The molecule has 1 fully saturated rings. The zero-order valence-electron chi connectivity index (χ0n) is 9.25. The van der Waals surface area contributed by atoms with Crippen LogP contribution < -0.4 is 0 Å². The van der Waals surface area contributed by atoms with Gasteiger partial charge in [0.2, 0.25) is 0 Å². The average molecular weight is 200 g/mol. The first-order valence-corrected chi connectivity index (χ1v) is 5.31. The highest BCUT2D eigenvalue weighted by Crippen LogP contribution is 2.53. The fourth-order valence-electron chi connectivity index (χ4n) is 2.30. The van der Waals surface area contributed by atoms with Crippen LogP contribution in [0.1, 0.15) is 33.6 Å². The maximum atomic E-state index is 11.5. The number of carbonyl (C=O) groups is 1. The van der Waals surface area contributed by atoms with Crippen molar-refractivity contribution in [3.63, 3.8) is 0 Å². The number of aliphatic hydroxyl groups is 1. The quantitative estimate of drug-likeness (QED) is 0.701. The first kappa shape index (κ1) is 11.5. The summed E-state index contributed by atoms with van der Waals surface area (Å²) in [7, 11) is 0. The average Bonchev–Trinajstić information content (AvgIpc) is 2.11. The van der Waals surface area contributed by atoms with Gasteiger partial charge in [-0.25, -0.2) is 0 Å². The van der Waals surface area contributed by atoms with Crippen molar-refractivity contribution < 1.29 is 14.6 Å². The number of hydrogen-bond acceptors (Lipinski definition) is 3. The van der Waals surface area contributed by atoms with Gasteiger partial charge < -0.3 is 9.84 Å². The lowest BCUT2D eigenvalue weighted by atomic mass is 9.54. The Kier molecular flexibility index (Phi) is 3.53. The van der Waals surface area contributed by atoms with Crippen LogP contribution in [-0.4, -0.2) is 24.3 Å². The molecular weight excluding hydrogens is 180 g/mol. The molecule has 0 spiro atoms. The Labute approximate surface area is 85.5 Å². The van der Waals surface area contributed by atoms with Crippen molar-refractivity contribution in [3.05, 3.63) is 0 Å². The molecule has 0 saturated heterocycles. The van der Waals surface area contributed by atoms with Gasteiger partial charge in [0.15, 0.2) is 0 Å². The number of ether oxygens (including phenoxy) is 1. The molecule has 3 nitrogen and oxygen atoms in total. The fourth-order valence-corrected chi connectivity index (χ4v) is 2.30. The summed E-state index contributed by atoms with van der Waals surface area (Å²) in [6, 6.07) is 0. The largest absolute Gasteiger partial charge is 0.466 e. The lowest BCUT2D eigenvalue weighted by Gasteiger charge is -2.50. The summed E-state index contributed by atoms with van der Waals surface area (Å²) in [5.41, 5.74) is -0.00498. The van der Waals surface area contributed by atoms with Gasteiger partial charge in [0.25, 0.3) is 0 Å². The van der Waals surface area contributed by atoms with E-state index >= 15 is 0 Å². The van der Waals surface area contributed by atoms with Gasteiger partial charge >= 0.3 is 5.97 Å². The summed E-state index contributed by atoms with van der Waals surface area (Å²) >= 11 is 0. The summed E-state index contributed by atoms with van der Waals surface area (Å²) in [6.45, 7) is 6.66. The Balaban J connectivity index is 2.49. The van der Waals surface area contributed by atoms with Crippen LogP contribution in [-0.2, 0) is 9.53 Å². The van der Waals surface area contributed by atoms with Gasteiger partial charge in [-0.15, -0.1) is 0 Å². The van der Waals surface area contributed by atoms with Gasteiger partial charge in [0.1, 0.15) is 0 Å². The first-order valence-electron chi connectivity index (χ1n) is 5.31. The lowest BCUT2D eigenvalue weighted by Crippen LogP contribution is -2.49. The standard InChI is InChI=1S/C11H20O3/c1-4-14-10(13)9-7-8(5-6-12)11(9,2)3/h8-9,12H,4-7H2,1-3H3/t8-,9-/m0/s1. The topological polar surface area (TPSA) is 46.5 Å². The van der Waals surface area contributed by atoms with E-state index < -0.39 is 0 Å². The Bertz CT molecular complexity index is 211. The van der Waals surface area contributed by atoms with E-state index in [-0.39, 0.29) is 23.9 Å². The van der Waals surface area contributed by atoms with Crippen molar-refractivity contribution in [1.29, 1.82) is 0 Å². The predicted octanol–water partition coefficient (Wildman–Crippen LogP) is 1.59. The fraction of sp³-hybridized carbons (Fsp3) is 0.909. The normalized spacial score (nSPS) is 29.4. The number of esters is 1. The van der Waals surface area contributed by atoms with Gasteiger partial charge in [-0.3, -0.25) is 4.79 Å². The van der Waals surface area contributed by atoms with Gasteiger partial charge in [-0.2, -0.15) is 0 Å². The van der Waals surface area contributed by atoms with Crippen LogP contribution in [0.15, 0.2) is 0 Å². The minimum absolute atomic E-state index is 0.00498. The van der Waals surface area contributed by atoms with Crippen molar-refractivity contribution >= 4 is 5.97 Å². The molecule has 0 amide bonds. The zero-order chi connectivity index (χ0) is 10.8. The van der Waals surface area contributed by atoms with Crippen LogP contribution in [0.4, 0.5) is 0 Å². The van der Waals surface area contributed by atoms with Crippen LogP contribution in [0.5, 0.6) is 0 Å². The second-order valence-electron chi connectivity index (χ2n) is 4.57. The summed E-state index contributed by atoms with van der Waals surface area (Å²) in [5.74, 6) is 0.410. The van der Waals surface area contributed by atoms with Crippen molar-refractivity contribution in [2.24, 2.45) is 17.3 Å². The molecule has 1 N–H and O–H groups in total. The molecule has 0 heterocycles. The molecule has 2 atom stereocenters. The summed E-state index contributed by atoms with van der Waals surface area (Å²) in [5, 5.41) is 8.85. The zero-order valence-corrected chi connectivity index (χ0v) is 9.25. The molecule has 0 aliphatic heterocycles. The highest BCUT2D eigenvalue weighted by Gasteiger charge is 2.51. The van der Waals surface area contributed by atoms with Crippen LogP contribution in [0, 0.1) is 17.3 Å². The van der Waals surface area contributed by atoms with Gasteiger partial charge in [0, 0.05) is 6.61 Å². The smallest absolute Gasteiger partial charge is 0.309 e. The highest BCUT2D eigenvalue weighted by molar-refractivity contribution is 5.74. The molecule has 3 heteroatoms. The van der Waals surface area contributed by atoms with E-state index in [0.29, 0.717) is 12.5 Å². The third-order valence-corrected chi connectivity index (χ3v) is 3.52. The third kappa shape index (κ3) is 1.92. The molecular formula is C11H20O3. The van der Waals surface area contributed by atoms with E-state index in [9.17, 15) is 4.79 Å². The molecule has 1 saturated carbocycles. The third-order valence-electron chi connectivity index (χ3n) is 3.52. The van der Waals surface area contributed by atoms with E-state index in [4.69, 9.17) is 9.84 Å². The predicted molar refractivity (Wildman–Crippen MR) is 53.7 cm³/mol. The monoisotopic (exact) mass is 200 g/mol. The number of rotatable bonds is 4. The first-order chi connectivity index (χ1) is 6.54. The van der Waals surface area contributed by atoms with Gasteiger partial charge in [-0.1, -0.05) is 13.8 Å². The van der Waals surface area contributed by atoms with Crippen molar-refractivity contribution in [2.45, 2.75) is 33.6 Å². The second-order valence-corrected chi connectivity index (χ2v) is 4.57.